The van der Waals surface area contributed by atoms with Gasteiger partial charge < -0.3 is 10.0 Å². The van der Waals surface area contributed by atoms with Crippen molar-refractivity contribution in [1.29, 1.82) is 0 Å². The van der Waals surface area contributed by atoms with Gasteiger partial charge in [0.15, 0.2) is 0 Å². The minimum Gasteiger partial charge on any atom is -0.395 e. The number of carbonyl (C=O) groups excluding carboxylic acids is 1. The maximum atomic E-state index is 12.3. The molecule has 1 N–H and O–H groups in total. The molecule has 2 rings (SSSR count). The summed E-state index contributed by atoms with van der Waals surface area (Å²) in [6.45, 7) is 2.63. The lowest BCUT2D eigenvalue weighted by Gasteiger charge is -2.15. The first kappa shape index (κ1) is 15.8. The molecule has 5 heteroatoms. The van der Waals surface area contributed by atoms with Gasteiger partial charge in [0.25, 0.3) is 5.91 Å². The highest BCUT2D eigenvalue weighted by Gasteiger charge is 2.16. The summed E-state index contributed by atoms with van der Waals surface area (Å²) in [5.74, 6) is 5.96. The normalized spacial score (nSPS) is 10.0. The van der Waals surface area contributed by atoms with Crippen molar-refractivity contribution in [2.45, 2.75) is 19.9 Å². The minimum absolute atomic E-state index is 0.0591. The van der Waals surface area contributed by atoms with E-state index in [4.69, 9.17) is 5.11 Å². The van der Waals surface area contributed by atoms with Crippen LogP contribution in [-0.2, 0) is 6.54 Å². The van der Waals surface area contributed by atoms with Gasteiger partial charge in [0.2, 0.25) is 0 Å². The third-order valence-corrected chi connectivity index (χ3v) is 4.85. The molecule has 0 fully saturated rings. The van der Waals surface area contributed by atoms with Crippen LogP contribution >= 0.6 is 22.7 Å². The SMILES string of the molecule is Cc1ccsc1C(=O)N(C)Cc1cc(C#CCCO)cs1. The number of hydrogen-bond acceptors (Lipinski definition) is 4. The van der Waals surface area contributed by atoms with E-state index in [0.717, 1.165) is 20.9 Å². The van der Waals surface area contributed by atoms with Crippen molar-refractivity contribution in [3.63, 3.8) is 0 Å². The van der Waals surface area contributed by atoms with Gasteiger partial charge in [0.1, 0.15) is 0 Å². The maximum absolute atomic E-state index is 12.3. The molecule has 2 aromatic heterocycles. The number of aliphatic hydroxyl groups excluding tert-OH is 1. The zero-order chi connectivity index (χ0) is 15.2. The van der Waals surface area contributed by atoms with Crippen molar-refractivity contribution < 1.29 is 9.90 Å². The first-order chi connectivity index (χ1) is 10.1. The highest BCUT2D eigenvalue weighted by molar-refractivity contribution is 7.12. The fourth-order valence-corrected chi connectivity index (χ4v) is 3.61. The van der Waals surface area contributed by atoms with Crippen LogP contribution in [0.1, 0.15) is 32.1 Å². The number of aryl methyl sites for hydroxylation is 1. The van der Waals surface area contributed by atoms with Crippen LogP contribution < -0.4 is 0 Å². The molecule has 2 heterocycles. The van der Waals surface area contributed by atoms with Crippen molar-refractivity contribution in [2.24, 2.45) is 0 Å². The van der Waals surface area contributed by atoms with E-state index in [0.29, 0.717) is 13.0 Å². The zero-order valence-electron chi connectivity index (χ0n) is 12.0. The van der Waals surface area contributed by atoms with Crippen LogP contribution in [0.25, 0.3) is 0 Å². The highest BCUT2D eigenvalue weighted by Crippen LogP contribution is 2.20. The molecule has 0 atom stereocenters. The number of nitrogens with zero attached hydrogens (tertiary/aromatic N) is 1. The maximum Gasteiger partial charge on any atom is 0.264 e. The van der Waals surface area contributed by atoms with Crippen LogP contribution in [0.5, 0.6) is 0 Å². The second-order valence-electron chi connectivity index (χ2n) is 4.67. The van der Waals surface area contributed by atoms with Crippen LogP contribution in [-0.4, -0.2) is 29.6 Å². The van der Waals surface area contributed by atoms with Gasteiger partial charge in [-0.25, -0.2) is 0 Å². The summed E-state index contributed by atoms with van der Waals surface area (Å²) >= 11 is 3.08. The number of rotatable bonds is 4. The Morgan fingerprint density at radius 3 is 2.90 bits per heavy atom. The van der Waals surface area contributed by atoms with Gasteiger partial charge in [-0.15, -0.1) is 22.7 Å². The van der Waals surface area contributed by atoms with Crippen molar-refractivity contribution >= 4 is 28.6 Å². The van der Waals surface area contributed by atoms with Gasteiger partial charge in [-0.3, -0.25) is 4.79 Å². The number of thiophene rings is 2. The molecule has 0 aromatic carbocycles. The van der Waals surface area contributed by atoms with Crippen LogP contribution in [0.4, 0.5) is 0 Å². The van der Waals surface area contributed by atoms with Crippen LogP contribution in [0, 0.1) is 18.8 Å². The molecule has 0 aliphatic heterocycles. The van der Waals surface area contributed by atoms with Gasteiger partial charge in [-0.2, -0.15) is 0 Å². The molecule has 0 radical (unpaired) electrons. The number of amides is 1. The van der Waals surface area contributed by atoms with E-state index in [1.807, 2.05) is 36.9 Å². The van der Waals surface area contributed by atoms with Crippen molar-refractivity contribution in [3.05, 3.63) is 43.8 Å². The molecule has 1 amide bonds. The minimum atomic E-state index is 0.0591. The lowest BCUT2D eigenvalue weighted by molar-refractivity contribution is 0.0790. The lowest BCUT2D eigenvalue weighted by atomic mass is 10.2. The second kappa shape index (κ2) is 7.41. The molecule has 0 spiro atoms. The largest absolute Gasteiger partial charge is 0.395 e. The van der Waals surface area contributed by atoms with E-state index < -0.39 is 0 Å². The molecule has 0 bridgehead atoms. The second-order valence-corrected chi connectivity index (χ2v) is 6.58. The molecule has 0 saturated carbocycles. The fourth-order valence-electron chi connectivity index (χ4n) is 1.82. The fraction of sp³-hybridized carbons (Fsp3) is 0.312. The van der Waals surface area contributed by atoms with Crippen molar-refractivity contribution in [1.82, 2.24) is 4.90 Å². The summed E-state index contributed by atoms with van der Waals surface area (Å²) in [7, 11) is 1.82. The Balaban J connectivity index is 2.00. The summed E-state index contributed by atoms with van der Waals surface area (Å²) in [4.78, 5) is 16.0. The molecule has 21 heavy (non-hydrogen) atoms. The van der Waals surface area contributed by atoms with Gasteiger partial charge in [-0.05, 0) is 30.0 Å². The van der Waals surface area contributed by atoms with Gasteiger partial charge in [0.05, 0.1) is 18.0 Å². The highest BCUT2D eigenvalue weighted by atomic mass is 32.1. The van der Waals surface area contributed by atoms with Crippen LogP contribution in [0.2, 0.25) is 0 Å². The molecule has 0 aliphatic carbocycles. The van der Waals surface area contributed by atoms with E-state index in [1.54, 1.807) is 16.2 Å². The summed E-state index contributed by atoms with van der Waals surface area (Å²) in [6.07, 6.45) is 0.487. The molecule has 110 valence electrons. The number of aliphatic hydroxyl groups is 1. The zero-order valence-corrected chi connectivity index (χ0v) is 13.7. The Kier molecular flexibility index (Phi) is 5.57. The monoisotopic (exact) mass is 319 g/mol. The molecular formula is C16H17NO2S2. The number of hydrogen-bond donors (Lipinski definition) is 1. The summed E-state index contributed by atoms with van der Waals surface area (Å²) in [5.41, 5.74) is 1.97. The average Bonchev–Trinajstić information content (AvgIpc) is 3.07. The Labute approximate surface area is 132 Å². The van der Waals surface area contributed by atoms with Crippen LogP contribution in [0.15, 0.2) is 22.9 Å². The van der Waals surface area contributed by atoms with Gasteiger partial charge in [0, 0.05) is 29.3 Å². The van der Waals surface area contributed by atoms with E-state index in [1.165, 1.54) is 11.3 Å². The van der Waals surface area contributed by atoms with E-state index in [9.17, 15) is 4.79 Å². The first-order valence-corrected chi connectivity index (χ1v) is 8.34. The first-order valence-electron chi connectivity index (χ1n) is 6.58. The van der Waals surface area contributed by atoms with Gasteiger partial charge >= 0.3 is 0 Å². The molecule has 3 nitrogen and oxygen atoms in total. The lowest BCUT2D eigenvalue weighted by Crippen LogP contribution is -2.25. The predicted molar refractivity (Wildman–Crippen MR) is 87.8 cm³/mol. The van der Waals surface area contributed by atoms with Crippen LogP contribution in [0.3, 0.4) is 0 Å². The quantitative estimate of drug-likeness (QED) is 0.880. The molecule has 0 saturated heterocycles. The molecule has 2 aromatic rings. The Bertz CT molecular complexity index is 676. The Morgan fingerprint density at radius 2 is 2.24 bits per heavy atom. The molecule has 0 unspecified atom stereocenters. The predicted octanol–water partition coefficient (Wildman–Crippen LogP) is 3.12. The number of carbonyl (C=O) groups is 1. The summed E-state index contributed by atoms with van der Waals surface area (Å²) in [6, 6.07) is 3.96. The van der Waals surface area contributed by atoms with E-state index >= 15 is 0 Å². The standard InChI is InChI=1S/C16H17NO2S2/c1-12-6-8-20-15(12)16(19)17(2)10-14-9-13(11-21-14)5-3-4-7-18/h6,8-9,11,18H,4,7,10H2,1-2H3. The molecule has 0 aliphatic rings. The van der Waals surface area contributed by atoms with Gasteiger partial charge in [-0.1, -0.05) is 11.8 Å². The Morgan fingerprint density at radius 1 is 1.43 bits per heavy atom. The van der Waals surface area contributed by atoms with E-state index in [2.05, 4.69) is 11.8 Å². The van der Waals surface area contributed by atoms with E-state index in [-0.39, 0.29) is 12.5 Å². The topological polar surface area (TPSA) is 40.5 Å². The summed E-state index contributed by atoms with van der Waals surface area (Å²) < 4.78 is 0. The smallest absolute Gasteiger partial charge is 0.264 e. The van der Waals surface area contributed by atoms with Crippen molar-refractivity contribution in [2.75, 3.05) is 13.7 Å². The summed E-state index contributed by atoms with van der Waals surface area (Å²) in [5, 5.41) is 12.6. The third-order valence-electron chi connectivity index (χ3n) is 2.92. The average molecular weight is 319 g/mol. The van der Waals surface area contributed by atoms with Crippen molar-refractivity contribution in [3.8, 4) is 11.8 Å². The third kappa shape index (κ3) is 4.18. The molecular weight excluding hydrogens is 302 g/mol. The Hall–Kier alpha value is -1.61.